The third-order valence-corrected chi connectivity index (χ3v) is 6.58. The molecule has 3 unspecified atom stereocenters. The van der Waals surface area contributed by atoms with Gasteiger partial charge in [0, 0.05) is 23.2 Å². The molecule has 0 amide bonds. The minimum absolute atomic E-state index is 0.261. The number of carboxylic acids is 1. The largest absolute Gasteiger partial charge is 0.480 e. The molecule has 2 aliphatic rings. The molecule has 1 aromatic rings. The normalized spacial score (nSPS) is 27.8. The molecule has 1 aliphatic carbocycles. The lowest BCUT2D eigenvalue weighted by Gasteiger charge is -2.32. The van der Waals surface area contributed by atoms with E-state index in [9.17, 15) is 9.90 Å². The molecule has 23 heavy (non-hydrogen) atoms. The van der Waals surface area contributed by atoms with Gasteiger partial charge in [0.05, 0.1) is 0 Å². The number of aryl methyl sites for hydroxylation is 2. The molecule has 1 N–H and O–H groups in total. The molecule has 0 bridgehead atoms. The third kappa shape index (κ3) is 3.74. The van der Waals surface area contributed by atoms with E-state index in [4.69, 9.17) is 0 Å². The summed E-state index contributed by atoms with van der Waals surface area (Å²) in [6.45, 7) is 5.16. The number of hydrogen-bond acceptors (Lipinski definition) is 3. The van der Waals surface area contributed by atoms with Crippen molar-refractivity contribution in [1.29, 1.82) is 0 Å². The molecule has 1 saturated carbocycles. The Morgan fingerprint density at radius 1 is 1.26 bits per heavy atom. The molecular weight excluding hydrogens is 306 g/mol. The van der Waals surface area contributed by atoms with Crippen LogP contribution in [0.4, 0.5) is 0 Å². The van der Waals surface area contributed by atoms with E-state index in [2.05, 4.69) is 36.9 Å². The lowest BCUT2D eigenvalue weighted by Crippen LogP contribution is -2.43. The molecule has 1 aliphatic heterocycles. The highest BCUT2D eigenvalue weighted by molar-refractivity contribution is 7.99. The first kappa shape index (κ1) is 16.8. The van der Waals surface area contributed by atoms with Crippen LogP contribution >= 0.6 is 11.8 Å². The smallest absolute Gasteiger partial charge is 0.320 e. The molecule has 3 rings (SSSR count). The number of thioether (sulfide) groups is 1. The minimum Gasteiger partial charge on any atom is -0.480 e. The Kier molecular flexibility index (Phi) is 5.32. The summed E-state index contributed by atoms with van der Waals surface area (Å²) in [5, 5.41) is 9.57. The van der Waals surface area contributed by atoms with E-state index in [1.807, 2.05) is 11.8 Å². The van der Waals surface area contributed by atoms with Gasteiger partial charge < -0.3 is 5.11 Å². The standard InChI is InChI=1S/C19H27NO2S/c1-13-7-8-16(11-14(13)2)23-10-9-20-17-6-4-3-5-15(17)12-18(20)19(21)22/h7-8,11,15,17-18H,3-6,9-10,12H2,1-2H3,(H,21,22). The number of aliphatic carboxylic acids is 1. The molecule has 0 aromatic heterocycles. The number of likely N-dealkylation sites (tertiary alicyclic amines) is 1. The number of benzene rings is 1. The van der Waals surface area contributed by atoms with Gasteiger partial charge >= 0.3 is 5.97 Å². The second kappa shape index (κ2) is 7.27. The van der Waals surface area contributed by atoms with Gasteiger partial charge in [0.2, 0.25) is 0 Å². The molecule has 3 atom stereocenters. The fraction of sp³-hybridized carbons (Fsp3) is 0.632. The fourth-order valence-electron chi connectivity index (χ4n) is 4.19. The van der Waals surface area contributed by atoms with Crippen molar-refractivity contribution in [2.45, 2.75) is 62.9 Å². The van der Waals surface area contributed by atoms with E-state index in [0.29, 0.717) is 12.0 Å². The Balaban J connectivity index is 1.60. The van der Waals surface area contributed by atoms with Crippen LogP contribution in [-0.2, 0) is 4.79 Å². The molecule has 0 spiro atoms. The van der Waals surface area contributed by atoms with Crippen molar-refractivity contribution < 1.29 is 9.90 Å². The van der Waals surface area contributed by atoms with Gasteiger partial charge in [0.15, 0.2) is 0 Å². The highest BCUT2D eigenvalue weighted by atomic mass is 32.2. The van der Waals surface area contributed by atoms with Gasteiger partial charge in [-0.05, 0) is 62.3 Å². The van der Waals surface area contributed by atoms with Crippen LogP contribution in [0.25, 0.3) is 0 Å². The Bertz CT molecular complexity index is 574. The second-order valence-corrected chi connectivity index (χ2v) is 8.20. The number of fused-ring (bicyclic) bond motifs is 1. The van der Waals surface area contributed by atoms with Crippen LogP contribution < -0.4 is 0 Å². The van der Waals surface area contributed by atoms with E-state index < -0.39 is 5.97 Å². The monoisotopic (exact) mass is 333 g/mol. The molecule has 2 fully saturated rings. The zero-order chi connectivity index (χ0) is 16.4. The molecule has 3 nitrogen and oxygen atoms in total. The minimum atomic E-state index is -0.629. The van der Waals surface area contributed by atoms with Crippen molar-refractivity contribution in [3.8, 4) is 0 Å². The van der Waals surface area contributed by atoms with E-state index in [-0.39, 0.29) is 6.04 Å². The van der Waals surface area contributed by atoms with Gasteiger partial charge in [0.1, 0.15) is 6.04 Å². The fourth-order valence-corrected chi connectivity index (χ4v) is 5.15. The molecule has 4 heteroatoms. The molecule has 1 saturated heterocycles. The topological polar surface area (TPSA) is 40.5 Å². The zero-order valence-corrected chi connectivity index (χ0v) is 14.9. The summed E-state index contributed by atoms with van der Waals surface area (Å²) in [4.78, 5) is 15.2. The van der Waals surface area contributed by atoms with Gasteiger partial charge in [-0.2, -0.15) is 0 Å². The average molecular weight is 333 g/mol. The lowest BCUT2D eigenvalue weighted by atomic mass is 9.85. The van der Waals surface area contributed by atoms with Gasteiger partial charge in [-0.1, -0.05) is 18.9 Å². The summed E-state index contributed by atoms with van der Waals surface area (Å²) in [6, 6.07) is 6.83. The summed E-state index contributed by atoms with van der Waals surface area (Å²) >= 11 is 1.85. The number of carbonyl (C=O) groups is 1. The number of nitrogens with zero attached hydrogens (tertiary/aromatic N) is 1. The maximum Gasteiger partial charge on any atom is 0.320 e. The van der Waals surface area contributed by atoms with Gasteiger partial charge in [0.25, 0.3) is 0 Å². The maximum atomic E-state index is 11.6. The van der Waals surface area contributed by atoms with Crippen LogP contribution in [0.2, 0.25) is 0 Å². The van der Waals surface area contributed by atoms with E-state index in [1.165, 1.54) is 41.7 Å². The number of hydrogen-bond donors (Lipinski definition) is 1. The predicted octanol–water partition coefficient (Wildman–Crippen LogP) is 4.11. The quantitative estimate of drug-likeness (QED) is 0.823. The van der Waals surface area contributed by atoms with Gasteiger partial charge in [-0.3, -0.25) is 9.69 Å². The Morgan fingerprint density at radius 2 is 2.04 bits per heavy atom. The van der Waals surface area contributed by atoms with E-state index >= 15 is 0 Å². The van der Waals surface area contributed by atoms with Crippen molar-refractivity contribution in [3.63, 3.8) is 0 Å². The summed E-state index contributed by atoms with van der Waals surface area (Å²) in [7, 11) is 0. The molecular formula is C19H27NO2S. The molecule has 1 heterocycles. The predicted molar refractivity (Wildman–Crippen MR) is 95.1 cm³/mol. The summed E-state index contributed by atoms with van der Waals surface area (Å²) < 4.78 is 0. The lowest BCUT2D eigenvalue weighted by molar-refractivity contribution is -0.142. The van der Waals surface area contributed by atoms with Gasteiger partial charge in [-0.25, -0.2) is 0 Å². The van der Waals surface area contributed by atoms with Crippen LogP contribution in [0.1, 0.15) is 43.2 Å². The average Bonchev–Trinajstić information content (AvgIpc) is 2.90. The first-order valence-electron chi connectivity index (χ1n) is 8.75. The SMILES string of the molecule is Cc1ccc(SCCN2C(C(=O)O)CC3CCCCC32)cc1C. The van der Waals surface area contributed by atoms with Crippen LogP contribution in [-0.4, -0.2) is 40.4 Å². The van der Waals surface area contributed by atoms with Crippen LogP contribution in [0.5, 0.6) is 0 Å². The van der Waals surface area contributed by atoms with Crippen LogP contribution in [0.15, 0.2) is 23.1 Å². The molecule has 126 valence electrons. The van der Waals surface area contributed by atoms with E-state index in [0.717, 1.165) is 18.7 Å². The summed E-state index contributed by atoms with van der Waals surface area (Å²) in [6.07, 6.45) is 5.79. The first-order valence-corrected chi connectivity index (χ1v) is 9.73. The summed E-state index contributed by atoms with van der Waals surface area (Å²) in [5.41, 5.74) is 2.65. The van der Waals surface area contributed by atoms with Crippen molar-refractivity contribution in [2.75, 3.05) is 12.3 Å². The van der Waals surface area contributed by atoms with Crippen molar-refractivity contribution in [2.24, 2.45) is 5.92 Å². The Morgan fingerprint density at radius 3 is 2.78 bits per heavy atom. The van der Waals surface area contributed by atoms with Crippen molar-refractivity contribution >= 4 is 17.7 Å². The third-order valence-electron chi connectivity index (χ3n) is 5.60. The van der Waals surface area contributed by atoms with Crippen LogP contribution in [0.3, 0.4) is 0 Å². The zero-order valence-electron chi connectivity index (χ0n) is 14.1. The van der Waals surface area contributed by atoms with Crippen molar-refractivity contribution in [3.05, 3.63) is 29.3 Å². The number of rotatable bonds is 5. The highest BCUT2D eigenvalue weighted by Crippen LogP contribution is 2.40. The Labute approximate surface area is 143 Å². The molecule has 0 radical (unpaired) electrons. The molecule has 1 aromatic carbocycles. The summed E-state index contributed by atoms with van der Waals surface area (Å²) in [5.74, 6) is 0.947. The number of carboxylic acid groups (broad SMARTS) is 1. The second-order valence-electron chi connectivity index (χ2n) is 7.03. The van der Waals surface area contributed by atoms with E-state index in [1.54, 1.807) is 0 Å². The van der Waals surface area contributed by atoms with Crippen molar-refractivity contribution in [1.82, 2.24) is 4.90 Å². The van der Waals surface area contributed by atoms with Gasteiger partial charge in [-0.15, -0.1) is 11.8 Å². The first-order chi connectivity index (χ1) is 11.1. The maximum absolute atomic E-state index is 11.6. The highest BCUT2D eigenvalue weighted by Gasteiger charge is 2.44. The Hall–Kier alpha value is -1.00. The van der Waals surface area contributed by atoms with Crippen LogP contribution in [0, 0.1) is 19.8 Å².